The van der Waals surface area contributed by atoms with Gasteiger partial charge in [0.15, 0.2) is 0 Å². The van der Waals surface area contributed by atoms with Gasteiger partial charge in [0.1, 0.15) is 6.04 Å². The average Bonchev–Trinajstić information content (AvgIpc) is 2.73. The Hall–Kier alpha value is -3.43. The van der Waals surface area contributed by atoms with Gasteiger partial charge < -0.3 is 0 Å². The van der Waals surface area contributed by atoms with Crippen LogP contribution in [0.1, 0.15) is 11.1 Å². The number of carbonyl (C=O) groups excluding carboxylic acids is 1. The molecule has 0 fully saturated rings. The van der Waals surface area contributed by atoms with Crippen molar-refractivity contribution in [2.45, 2.75) is 18.4 Å². The molecule has 4 nitrogen and oxygen atoms in total. The number of amides is 1. The fraction of sp³-hybridized carbons (Fsp3) is 0.190. The molecule has 0 saturated heterocycles. The molecule has 31 heavy (non-hydrogen) atoms. The molecule has 2 unspecified atom stereocenters. The highest BCUT2D eigenvalue weighted by atomic mass is 19.4. The summed E-state index contributed by atoms with van der Waals surface area (Å²) >= 11 is 0. The normalized spacial score (nSPS) is 20.8. The van der Waals surface area contributed by atoms with Crippen LogP contribution in [-0.2, 0) is 17.1 Å². The van der Waals surface area contributed by atoms with Crippen LogP contribution in [0.3, 0.4) is 0 Å². The van der Waals surface area contributed by atoms with Crippen molar-refractivity contribution in [3.8, 4) is 11.1 Å². The van der Waals surface area contributed by atoms with Gasteiger partial charge in [-0.15, -0.1) is 0 Å². The molecule has 0 bridgehead atoms. The van der Waals surface area contributed by atoms with Crippen LogP contribution in [0.15, 0.2) is 64.7 Å². The molecule has 0 saturated carbocycles. The summed E-state index contributed by atoms with van der Waals surface area (Å²) in [5.74, 6) is -1.26. The van der Waals surface area contributed by atoms with Crippen LogP contribution in [0.25, 0.3) is 11.1 Å². The first-order valence-electron chi connectivity index (χ1n) is 9.02. The van der Waals surface area contributed by atoms with E-state index in [1.54, 1.807) is 12.2 Å². The monoisotopic (exact) mass is 437 g/mol. The Kier molecular flexibility index (Phi) is 4.95. The second kappa shape index (κ2) is 7.36. The number of hydrogen-bond donors (Lipinski definition) is 0. The van der Waals surface area contributed by atoms with E-state index in [0.717, 1.165) is 35.3 Å². The van der Waals surface area contributed by atoms with Crippen molar-refractivity contribution in [2.24, 2.45) is 16.0 Å². The first-order chi connectivity index (χ1) is 14.6. The summed E-state index contributed by atoms with van der Waals surface area (Å²) in [6.45, 7) is 0. The van der Waals surface area contributed by atoms with Crippen LogP contribution >= 0.6 is 0 Å². The zero-order valence-corrected chi connectivity index (χ0v) is 15.5. The van der Waals surface area contributed by atoms with Gasteiger partial charge >= 0.3 is 12.4 Å². The number of rotatable bonds is 2. The Morgan fingerprint density at radius 2 is 1.61 bits per heavy atom. The fourth-order valence-corrected chi connectivity index (χ4v) is 3.39. The lowest BCUT2D eigenvalue weighted by Crippen LogP contribution is -2.43. The summed E-state index contributed by atoms with van der Waals surface area (Å²) in [5, 5.41) is 4.93. The maximum Gasteiger partial charge on any atom is 0.416 e. The topological polar surface area (TPSA) is 45.0 Å². The lowest BCUT2D eigenvalue weighted by molar-refractivity contribution is -0.138. The molecule has 2 aliphatic heterocycles. The van der Waals surface area contributed by atoms with E-state index in [2.05, 4.69) is 10.1 Å². The van der Waals surface area contributed by atoms with Gasteiger partial charge in [0.2, 0.25) is 0 Å². The van der Waals surface area contributed by atoms with Gasteiger partial charge in [-0.05, 0) is 42.0 Å². The Labute approximate surface area is 172 Å². The van der Waals surface area contributed by atoms with E-state index in [-0.39, 0.29) is 16.8 Å². The predicted molar refractivity (Wildman–Crippen MR) is 103 cm³/mol. The molecule has 2 aromatic carbocycles. The van der Waals surface area contributed by atoms with Crippen molar-refractivity contribution in [3.63, 3.8) is 0 Å². The number of nitrogens with zero attached hydrogens (tertiary/aromatic N) is 3. The molecular weight excluding hydrogens is 424 g/mol. The van der Waals surface area contributed by atoms with Gasteiger partial charge in [-0.3, -0.25) is 9.79 Å². The second-order valence-corrected chi connectivity index (χ2v) is 6.92. The number of halogens is 6. The maximum absolute atomic E-state index is 13.3. The summed E-state index contributed by atoms with van der Waals surface area (Å²) in [4.78, 5) is 17.0. The van der Waals surface area contributed by atoms with Crippen LogP contribution in [0.4, 0.5) is 32.0 Å². The number of alkyl halides is 6. The molecular formula is C21H13F6N3O. The van der Waals surface area contributed by atoms with Gasteiger partial charge in [0, 0.05) is 11.8 Å². The zero-order chi connectivity index (χ0) is 22.4. The van der Waals surface area contributed by atoms with Crippen LogP contribution in [-0.4, -0.2) is 24.4 Å². The third-order valence-electron chi connectivity index (χ3n) is 4.91. The minimum atomic E-state index is -4.73. The summed E-state index contributed by atoms with van der Waals surface area (Å²) < 4.78 is 79.4. The molecule has 1 amide bonds. The molecule has 0 aromatic heterocycles. The van der Waals surface area contributed by atoms with Crippen molar-refractivity contribution in [1.29, 1.82) is 0 Å². The number of dihydropyridines is 1. The summed E-state index contributed by atoms with van der Waals surface area (Å²) in [7, 11) is 0. The number of aliphatic imine (C=N–C) groups is 1. The summed E-state index contributed by atoms with van der Waals surface area (Å²) in [6, 6.07) is 5.87. The van der Waals surface area contributed by atoms with Crippen molar-refractivity contribution in [1.82, 2.24) is 0 Å². The van der Waals surface area contributed by atoms with Crippen molar-refractivity contribution < 1.29 is 31.1 Å². The van der Waals surface area contributed by atoms with E-state index in [1.807, 2.05) is 0 Å². The third-order valence-corrected chi connectivity index (χ3v) is 4.91. The summed E-state index contributed by atoms with van der Waals surface area (Å²) in [6.07, 6.45) is -3.38. The van der Waals surface area contributed by atoms with E-state index < -0.39 is 41.3 Å². The number of anilines is 1. The smallest absolute Gasteiger partial charge is 0.283 e. The van der Waals surface area contributed by atoms with E-state index >= 15 is 0 Å². The molecule has 2 heterocycles. The van der Waals surface area contributed by atoms with Crippen LogP contribution in [0.5, 0.6) is 0 Å². The van der Waals surface area contributed by atoms with E-state index in [4.69, 9.17) is 0 Å². The summed E-state index contributed by atoms with van der Waals surface area (Å²) in [5.41, 5.74) is -2.47. The highest BCUT2D eigenvalue weighted by molar-refractivity contribution is 6.05. The van der Waals surface area contributed by atoms with E-state index in [1.165, 1.54) is 18.5 Å². The molecule has 2 aliphatic rings. The van der Waals surface area contributed by atoms with E-state index in [0.29, 0.717) is 6.07 Å². The number of hydrogen-bond acceptors (Lipinski definition) is 3. The first-order valence-corrected chi connectivity index (χ1v) is 9.02. The van der Waals surface area contributed by atoms with Crippen molar-refractivity contribution in [3.05, 3.63) is 65.7 Å². The van der Waals surface area contributed by atoms with Gasteiger partial charge in [0.05, 0.1) is 28.9 Å². The molecule has 160 valence electrons. The molecule has 0 spiro atoms. The van der Waals surface area contributed by atoms with Gasteiger partial charge in [-0.25, -0.2) is 0 Å². The molecule has 2 atom stereocenters. The van der Waals surface area contributed by atoms with E-state index in [9.17, 15) is 31.1 Å². The third kappa shape index (κ3) is 3.97. The highest BCUT2D eigenvalue weighted by Gasteiger charge is 2.37. The number of benzene rings is 2. The molecule has 2 aromatic rings. The van der Waals surface area contributed by atoms with Crippen LogP contribution in [0.2, 0.25) is 0 Å². The molecule has 10 heteroatoms. The lowest BCUT2D eigenvalue weighted by Gasteiger charge is -2.31. The maximum atomic E-state index is 13.3. The largest absolute Gasteiger partial charge is 0.416 e. The van der Waals surface area contributed by atoms with Crippen LogP contribution < -0.4 is 5.01 Å². The molecule has 0 N–H and O–H groups in total. The quantitative estimate of drug-likeness (QED) is 0.585. The predicted octanol–water partition coefficient (Wildman–Crippen LogP) is 5.35. The molecule has 0 aliphatic carbocycles. The average molecular weight is 437 g/mol. The SMILES string of the molecule is O=C1C2C=CC=NC2C=NN1c1ccc(C(F)(F)F)cc1-c1cccc(C(F)(F)F)c1. The number of carbonyl (C=O) groups is 1. The minimum absolute atomic E-state index is 0.0602. The molecule has 0 radical (unpaired) electrons. The molecule has 4 rings (SSSR count). The van der Waals surface area contributed by atoms with Crippen molar-refractivity contribution >= 4 is 24.0 Å². The Balaban J connectivity index is 1.87. The fourth-order valence-electron chi connectivity index (χ4n) is 3.39. The lowest BCUT2D eigenvalue weighted by atomic mass is 9.94. The highest BCUT2D eigenvalue weighted by Crippen LogP contribution is 2.40. The van der Waals surface area contributed by atoms with Crippen LogP contribution in [0, 0.1) is 5.92 Å². The van der Waals surface area contributed by atoms with Crippen molar-refractivity contribution in [2.75, 3.05) is 5.01 Å². The second-order valence-electron chi connectivity index (χ2n) is 6.92. The van der Waals surface area contributed by atoms with Gasteiger partial charge in [-0.2, -0.15) is 36.5 Å². The first kappa shape index (κ1) is 20.8. The zero-order valence-electron chi connectivity index (χ0n) is 15.5. The van der Waals surface area contributed by atoms with Gasteiger partial charge in [0.25, 0.3) is 5.91 Å². The number of fused-ring (bicyclic) bond motifs is 1. The van der Waals surface area contributed by atoms with Gasteiger partial charge in [-0.1, -0.05) is 18.2 Å². The Bertz CT molecular complexity index is 1120. The number of hydrazone groups is 1. The Morgan fingerprint density at radius 3 is 2.32 bits per heavy atom. The Morgan fingerprint density at radius 1 is 0.903 bits per heavy atom. The minimum Gasteiger partial charge on any atom is -0.283 e. The standard InChI is InChI=1S/C21H13F6N3O/c22-20(23,24)13-4-1-3-12(9-13)16-10-14(21(25,26)27)6-7-18(16)30-19(31)15-5-2-8-28-17(15)11-29-30/h1-11,15,17H. The number of allylic oxidation sites excluding steroid dienone is 1.